The molecule has 7 nitrogen and oxygen atoms in total. The van der Waals surface area contributed by atoms with Gasteiger partial charge in [0.2, 0.25) is 10.0 Å². The molecule has 1 aromatic carbocycles. The van der Waals surface area contributed by atoms with Crippen LogP contribution in [-0.4, -0.2) is 69.2 Å². The minimum atomic E-state index is -3.68. The summed E-state index contributed by atoms with van der Waals surface area (Å²) in [5.74, 6) is 0. The van der Waals surface area contributed by atoms with Crippen LogP contribution in [-0.2, 0) is 14.8 Å². The number of alkyl halides is 1. The van der Waals surface area contributed by atoms with Crippen LogP contribution < -0.4 is 5.32 Å². The molecular formula is C18H26FN3O4S. The Bertz CT molecular complexity index is 753. The van der Waals surface area contributed by atoms with Crippen molar-refractivity contribution in [2.75, 3.05) is 44.8 Å². The van der Waals surface area contributed by atoms with Gasteiger partial charge in [0.25, 0.3) is 0 Å². The highest BCUT2D eigenvalue weighted by atomic mass is 32.2. The molecular weight excluding hydrogens is 373 g/mol. The molecule has 2 heterocycles. The van der Waals surface area contributed by atoms with Gasteiger partial charge in [-0.3, -0.25) is 0 Å². The molecule has 2 fully saturated rings. The number of para-hydroxylation sites is 1. The van der Waals surface area contributed by atoms with E-state index in [1.807, 2.05) is 0 Å². The maximum atomic E-state index is 13.0. The molecule has 0 bridgehead atoms. The monoisotopic (exact) mass is 399 g/mol. The Kier molecular flexibility index (Phi) is 6.67. The number of carbonyl (C=O) groups excluding carboxylic acids is 1. The van der Waals surface area contributed by atoms with Gasteiger partial charge < -0.3 is 15.0 Å². The number of ether oxygens (including phenoxy) is 1. The number of piperidine rings is 1. The van der Waals surface area contributed by atoms with Crippen LogP contribution in [0.4, 0.5) is 14.9 Å². The van der Waals surface area contributed by atoms with Gasteiger partial charge in [-0.2, -0.15) is 4.31 Å². The fourth-order valence-electron chi connectivity index (χ4n) is 3.41. The summed E-state index contributed by atoms with van der Waals surface area (Å²) in [5, 5.41) is 2.70. The van der Waals surface area contributed by atoms with E-state index in [-0.39, 0.29) is 17.1 Å². The largest absolute Gasteiger partial charge is 0.374 e. The molecule has 0 saturated carbocycles. The Morgan fingerprint density at radius 2 is 1.89 bits per heavy atom. The van der Waals surface area contributed by atoms with Gasteiger partial charge in [-0.05, 0) is 31.4 Å². The smallest absolute Gasteiger partial charge is 0.321 e. The van der Waals surface area contributed by atoms with Gasteiger partial charge in [0.05, 0.1) is 12.2 Å². The predicted molar refractivity (Wildman–Crippen MR) is 100.0 cm³/mol. The molecule has 2 aliphatic rings. The highest BCUT2D eigenvalue weighted by Gasteiger charge is 2.29. The van der Waals surface area contributed by atoms with E-state index in [1.54, 1.807) is 18.2 Å². The second-order valence-corrected chi connectivity index (χ2v) is 8.74. The molecule has 1 N–H and O–H groups in total. The molecule has 2 amide bonds. The summed E-state index contributed by atoms with van der Waals surface area (Å²) in [6, 6.07) is 5.97. The van der Waals surface area contributed by atoms with Crippen molar-refractivity contribution in [3.8, 4) is 0 Å². The first kappa shape index (κ1) is 20.0. The van der Waals surface area contributed by atoms with Crippen LogP contribution in [0, 0.1) is 0 Å². The molecule has 150 valence electrons. The third-order valence-corrected chi connectivity index (χ3v) is 6.83. The van der Waals surface area contributed by atoms with Crippen LogP contribution in [0.5, 0.6) is 0 Å². The molecule has 0 spiro atoms. The van der Waals surface area contributed by atoms with Crippen LogP contribution in [0.2, 0.25) is 0 Å². The number of benzene rings is 1. The summed E-state index contributed by atoms with van der Waals surface area (Å²) in [6.07, 6.45) is 2.67. The summed E-state index contributed by atoms with van der Waals surface area (Å²) >= 11 is 0. The second kappa shape index (κ2) is 8.99. The highest BCUT2D eigenvalue weighted by Crippen LogP contribution is 2.27. The lowest BCUT2D eigenvalue weighted by molar-refractivity contribution is 0.0409. The van der Waals surface area contributed by atoms with Crippen molar-refractivity contribution in [2.45, 2.75) is 36.7 Å². The summed E-state index contributed by atoms with van der Waals surface area (Å²) in [5.41, 5.74) is 0.245. The number of urea groups is 1. The Balaban J connectivity index is 1.78. The van der Waals surface area contributed by atoms with Crippen molar-refractivity contribution in [3.05, 3.63) is 24.3 Å². The Labute approximate surface area is 159 Å². The van der Waals surface area contributed by atoms with Gasteiger partial charge in [-0.25, -0.2) is 17.6 Å². The fraction of sp³-hybridized carbons (Fsp3) is 0.611. The molecule has 0 radical (unpaired) electrons. The van der Waals surface area contributed by atoms with Gasteiger partial charge in [-0.1, -0.05) is 18.6 Å². The lowest BCUT2D eigenvalue weighted by Gasteiger charge is -2.27. The summed E-state index contributed by atoms with van der Waals surface area (Å²) in [4.78, 5) is 14.2. The summed E-state index contributed by atoms with van der Waals surface area (Å²) < 4.78 is 45.8. The molecule has 1 aromatic rings. The van der Waals surface area contributed by atoms with Gasteiger partial charge in [0.15, 0.2) is 0 Å². The standard InChI is InChI=1S/C18H26FN3O4S/c19-13-15-14-21(9-6-12-26-15)18(23)20-16-7-2-3-8-17(16)27(24,25)22-10-4-1-5-11-22/h2-3,7-8,15H,1,4-6,9-14H2,(H,20,23). The van der Waals surface area contributed by atoms with Gasteiger partial charge in [0, 0.05) is 26.2 Å². The Morgan fingerprint density at radius 1 is 1.15 bits per heavy atom. The number of hydrogen-bond acceptors (Lipinski definition) is 4. The lowest BCUT2D eigenvalue weighted by Crippen LogP contribution is -2.41. The number of amides is 2. The summed E-state index contributed by atoms with van der Waals surface area (Å²) in [7, 11) is -3.68. The van der Waals surface area contributed by atoms with Crippen LogP contribution >= 0.6 is 0 Å². The molecule has 3 rings (SSSR count). The van der Waals surface area contributed by atoms with E-state index in [0.717, 1.165) is 19.3 Å². The van der Waals surface area contributed by atoms with E-state index < -0.39 is 28.8 Å². The second-order valence-electron chi connectivity index (χ2n) is 6.84. The van der Waals surface area contributed by atoms with E-state index in [2.05, 4.69) is 5.32 Å². The summed E-state index contributed by atoms with van der Waals surface area (Å²) in [6.45, 7) is 1.30. The van der Waals surface area contributed by atoms with Gasteiger partial charge in [0.1, 0.15) is 17.7 Å². The predicted octanol–water partition coefficient (Wildman–Crippen LogP) is 2.45. The van der Waals surface area contributed by atoms with Gasteiger partial charge >= 0.3 is 6.03 Å². The maximum absolute atomic E-state index is 13.0. The van der Waals surface area contributed by atoms with E-state index in [0.29, 0.717) is 32.7 Å². The fourth-order valence-corrected chi connectivity index (χ4v) is 5.07. The SMILES string of the molecule is O=C(Nc1ccccc1S(=O)(=O)N1CCCCC1)N1CCCOC(CF)C1. The number of halogens is 1. The minimum Gasteiger partial charge on any atom is -0.374 e. The lowest BCUT2D eigenvalue weighted by atomic mass is 10.2. The first-order valence-electron chi connectivity index (χ1n) is 9.35. The number of nitrogens with one attached hydrogen (secondary N) is 1. The van der Waals surface area contributed by atoms with Crippen molar-refractivity contribution >= 4 is 21.7 Å². The van der Waals surface area contributed by atoms with Crippen LogP contribution in [0.15, 0.2) is 29.2 Å². The molecule has 2 aliphatic heterocycles. The number of nitrogens with zero attached hydrogens (tertiary/aromatic N) is 2. The molecule has 2 saturated heterocycles. The molecule has 0 aliphatic carbocycles. The molecule has 1 unspecified atom stereocenters. The number of hydrogen-bond donors (Lipinski definition) is 1. The van der Waals surface area contributed by atoms with Crippen molar-refractivity contribution in [2.24, 2.45) is 0 Å². The Morgan fingerprint density at radius 3 is 2.63 bits per heavy atom. The highest BCUT2D eigenvalue weighted by molar-refractivity contribution is 7.89. The average Bonchev–Trinajstić information content (AvgIpc) is 2.95. The third kappa shape index (κ3) is 4.77. The molecule has 0 aromatic heterocycles. The first-order valence-corrected chi connectivity index (χ1v) is 10.8. The van der Waals surface area contributed by atoms with E-state index in [1.165, 1.54) is 15.3 Å². The first-order chi connectivity index (χ1) is 13.0. The topological polar surface area (TPSA) is 79.0 Å². The van der Waals surface area contributed by atoms with Gasteiger partial charge in [-0.15, -0.1) is 0 Å². The normalized spacial score (nSPS) is 22.3. The van der Waals surface area contributed by atoms with Crippen molar-refractivity contribution < 1.29 is 22.3 Å². The van der Waals surface area contributed by atoms with E-state index >= 15 is 0 Å². The maximum Gasteiger partial charge on any atom is 0.321 e. The van der Waals surface area contributed by atoms with Crippen molar-refractivity contribution in [1.82, 2.24) is 9.21 Å². The zero-order chi connectivity index (χ0) is 19.3. The van der Waals surface area contributed by atoms with Crippen molar-refractivity contribution in [3.63, 3.8) is 0 Å². The molecule has 9 heteroatoms. The van der Waals surface area contributed by atoms with Crippen LogP contribution in [0.1, 0.15) is 25.7 Å². The zero-order valence-electron chi connectivity index (χ0n) is 15.3. The third-order valence-electron chi connectivity index (χ3n) is 4.87. The average molecular weight is 399 g/mol. The quantitative estimate of drug-likeness (QED) is 0.844. The number of sulfonamides is 1. The van der Waals surface area contributed by atoms with E-state index in [4.69, 9.17) is 4.74 Å². The molecule has 27 heavy (non-hydrogen) atoms. The minimum absolute atomic E-state index is 0.0911. The van der Waals surface area contributed by atoms with E-state index in [9.17, 15) is 17.6 Å². The van der Waals surface area contributed by atoms with Crippen LogP contribution in [0.25, 0.3) is 0 Å². The Hall–Kier alpha value is -1.71. The number of anilines is 1. The van der Waals surface area contributed by atoms with Crippen LogP contribution in [0.3, 0.4) is 0 Å². The number of rotatable bonds is 4. The number of carbonyl (C=O) groups is 1. The van der Waals surface area contributed by atoms with Crippen molar-refractivity contribution in [1.29, 1.82) is 0 Å². The molecule has 1 atom stereocenters. The zero-order valence-corrected chi connectivity index (χ0v) is 16.1.